The number of rotatable bonds is 15. The van der Waals surface area contributed by atoms with Crippen molar-refractivity contribution in [2.45, 2.75) is 6.42 Å². The molecular formula is C30H41BrNO9P. The molecule has 0 aliphatic heterocycles. The van der Waals surface area contributed by atoms with Crippen LogP contribution in [0, 0.1) is 0 Å². The second-order valence-corrected chi connectivity index (χ2v) is 12.2. The molecule has 3 aromatic rings. The van der Waals surface area contributed by atoms with Crippen molar-refractivity contribution in [2.24, 2.45) is 5.73 Å². The van der Waals surface area contributed by atoms with Gasteiger partial charge in [-0.1, -0.05) is 0 Å². The molecular weight excluding hydrogens is 629 g/mol. The van der Waals surface area contributed by atoms with Gasteiger partial charge in [-0.3, -0.25) is 0 Å². The van der Waals surface area contributed by atoms with Crippen LogP contribution in [0.3, 0.4) is 0 Å². The molecule has 0 aromatic heterocycles. The Bertz CT molecular complexity index is 1110. The lowest BCUT2D eigenvalue weighted by Gasteiger charge is -2.33. The van der Waals surface area contributed by atoms with E-state index in [1.54, 1.807) is 64.0 Å². The largest absolute Gasteiger partial charge is 1.00 e. The highest BCUT2D eigenvalue weighted by molar-refractivity contribution is 7.96. The van der Waals surface area contributed by atoms with Gasteiger partial charge in [-0.05, 0) is 13.0 Å². The van der Waals surface area contributed by atoms with Crippen LogP contribution in [0.4, 0.5) is 0 Å². The first-order valence-corrected chi connectivity index (χ1v) is 14.8. The zero-order valence-electron chi connectivity index (χ0n) is 25.7. The maximum atomic E-state index is 6.20. The lowest BCUT2D eigenvalue weighted by molar-refractivity contribution is -0.0000114. The van der Waals surface area contributed by atoms with Gasteiger partial charge in [0.2, 0.25) is 0 Å². The number of benzene rings is 3. The normalized spacial score (nSPS) is 10.7. The van der Waals surface area contributed by atoms with Gasteiger partial charge in [-0.25, -0.2) is 0 Å². The molecule has 0 aliphatic carbocycles. The van der Waals surface area contributed by atoms with E-state index in [4.69, 9.17) is 48.4 Å². The summed E-state index contributed by atoms with van der Waals surface area (Å²) in [6.07, 6.45) is 1.18. The zero-order chi connectivity index (χ0) is 30.2. The molecule has 2 N–H and O–H groups in total. The molecule has 0 amide bonds. The molecule has 0 bridgehead atoms. The van der Waals surface area contributed by atoms with Crippen LogP contribution < -0.4 is 81.3 Å². The maximum absolute atomic E-state index is 6.20. The minimum Gasteiger partial charge on any atom is -1.00 e. The van der Waals surface area contributed by atoms with E-state index >= 15 is 0 Å². The summed E-state index contributed by atoms with van der Waals surface area (Å²) >= 11 is 0. The van der Waals surface area contributed by atoms with Crippen molar-refractivity contribution in [3.8, 4) is 51.7 Å². The van der Waals surface area contributed by atoms with E-state index in [0.29, 0.717) is 70.9 Å². The van der Waals surface area contributed by atoms with Crippen molar-refractivity contribution in [3.63, 3.8) is 0 Å². The molecule has 0 aliphatic rings. The molecule has 232 valence electrons. The van der Waals surface area contributed by atoms with Crippen LogP contribution in [0.5, 0.6) is 51.7 Å². The monoisotopic (exact) mass is 669 g/mol. The summed E-state index contributed by atoms with van der Waals surface area (Å²) in [7, 11) is 11.5. The molecule has 0 saturated carbocycles. The molecule has 0 spiro atoms. The highest BCUT2D eigenvalue weighted by atomic mass is 79.9. The molecule has 0 fully saturated rings. The van der Waals surface area contributed by atoms with E-state index < -0.39 is 7.26 Å². The Hall–Kier alpha value is -3.27. The molecule has 10 nitrogen and oxygen atoms in total. The van der Waals surface area contributed by atoms with Gasteiger partial charge in [-0.15, -0.1) is 0 Å². The van der Waals surface area contributed by atoms with E-state index in [1.807, 2.05) is 36.4 Å². The van der Waals surface area contributed by atoms with E-state index in [-0.39, 0.29) is 17.0 Å². The standard InChI is InChI=1S/C30H41NO9P.BrH/c1-32-19-13-22(35-4)28(23(14-19)36-5)41(12-10-11-31,29-24(37-6)15-20(33-2)16-25(29)38-7)30-26(39-8)17-21(34-3)18-27(30)40-9;/h13-18H,10-12,31H2,1-9H3;1H/q+1;/p-1. The third kappa shape index (κ3) is 6.38. The number of hydrogen-bond acceptors (Lipinski definition) is 10. The average molecular weight is 671 g/mol. The Balaban J connectivity index is 0.00000616. The predicted molar refractivity (Wildman–Crippen MR) is 163 cm³/mol. The summed E-state index contributed by atoms with van der Waals surface area (Å²) in [6.45, 7) is 0.421. The summed E-state index contributed by atoms with van der Waals surface area (Å²) in [5, 5.41) is 2.33. The van der Waals surface area contributed by atoms with Gasteiger partial charge in [0.1, 0.15) is 24.5 Å². The van der Waals surface area contributed by atoms with Crippen LogP contribution in [0.1, 0.15) is 6.42 Å². The summed E-state index contributed by atoms with van der Waals surface area (Å²) in [5.41, 5.74) is 6.20. The highest BCUT2D eigenvalue weighted by Crippen LogP contribution is 2.66. The summed E-state index contributed by atoms with van der Waals surface area (Å²) in [6, 6.07) is 11.0. The fourth-order valence-electron chi connectivity index (χ4n) is 5.09. The Morgan fingerprint density at radius 1 is 0.452 bits per heavy atom. The van der Waals surface area contributed by atoms with E-state index in [2.05, 4.69) is 0 Å². The Kier molecular flexibility index (Phi) is 13.2. The average Bonchev–Trinajstić information content (AvgIpc) is 3.03. The van der Waals surface area contributed by atoms with E-state index in [1.165, 1.54) is 0 Å². The molecule has 0 unspecified atom stereocenters. The van der Waals surface area contributed by atoms with Gasteiger partial charge in [-0.2, -0.15) is 0 Å². The predicted octanol–water partition coefficient (Wildman–Crippen LogP) is 0.411. The Labute approximate surface area is 259 Å². The zero-order valence-corrected chi connectivity index (χ0v) is 28.1. The first-order chi connectivity index (χ1) is 19.9. The lowest BCUT2D eigenvalue weighted by atomic mass is 10.3. The van der Waals surface area contributed by atoms with Crippen LogP contribution in [0.25, 0.3) is 0 Å². The first-order valence-electron chi connectivity index (χ1n) is 12.9. The van der Waals surface area contributed by atoms with Crippen molar-refractivity contribution in [3.05, 3.63) is 36.4 Å². The number of nitrogens with two attached hydrogens (primary N) is 1. The van der Waals surface area contributed by atoms with Gasteiger partial charge >= 0.3 is 0 Å². The molecule has 42 heavy (non-hydrogen) atoms. The first kappa shape index (κ1) is 34.9. The van der Waals surface area contributed by atoms with Crippen molar-refractivity contribution >= 4 is 23.2 Å². The van der Waals surface area contributed by atoms with Gasteiger partial charge < -0.3 is 65.3 Å². The third-order valence-corrected chi connectivity index (χ3v) is 11.5. The van der Waals surface area contributed by atoms with Crippen LogP contribution in [0.2, 0.25) is 0 Å². The number of methoxy groups -OCH3 is 9. The number of hydrogen-bond donors (Lipinski definition) is 1. The van der Waals surface area contributed by atoms with Gasteiger partial charge in [0.25, 0.3) is 0 Å². The van der Waals surface area contributed by atoms with Crippen molar-refractivity contribution in [1.82, 2.24) is 0 Å². The minimum atomic E-state index is -2.98. The molecule has 0 saturated heterocycles. The van der Waals surface area contributed by atoms with Crippen LogP contribution >= 0.6 is 7.26 Å². The van der Waals surface area contributed by atoms with Crippen LogP contribution in [0.15, 0.2) is 36.4 Å². The fourth-order valence-corrected chi connectivity index (χ4v) is 10.3. The molecule has 3 rings (SSSR count). The topological polar surface area (TPSA) is 109 Å². The molecule has 0 atom stereocenters. The molecule has 0 heterocycles. The second-order valence-electron chi connectivity index (χ2n) is 8.82. The SMILES string of the molecule is COc1cc(OC)c([P+](CCCN)(c2c(OC)cc(OC)cc2OC)c2c(OC)cc(OC)cc2OC)c(OC)c1.[Br-]. The second kappa shape index (κ2) is 15.8. The summed E-state index contributed by atoms with van der Waals surface area (Å²) < 4.78 is 53.2. The van der Waals surface area contributed by atoms with Gasteiger partial charge in [0.05, 0.1) is 70.2 Å². The molecule has 0 radical (unpaired) electrons. The third-order valence-electron chi connectivity index (χ3n) is 6.91. The summed E-state index contributed by atoms with van der Waals surface area (Å²) in [5.74, 6) is 5.00. The minimum absolute atomic E-state index is 0. The van der Waals surface area contributed by atoms with Crippen molar-refractivity contribution in [1.29, 1.82) is 0 Å². The van der Waals surface area contributed by atoms with Crippen LogP contribution in [-0.4, -0.2) is 76.7 Å². The molecule has 3 aromatic carbocycles. The van der Waals surface area contributed by atoms with E-state index in [9.17, 15) is 0 Å². The Morgan fingerprint density at radius 2 is 0.690 bits per heavy atom. The number of halogens is 1. The number of ether oxygens (including phenoxy) is 9. The smallest absolute Gasteiger partial charge is 0.188 e. The van der Waals surface area contributed by atoms with E-state index in [0.717, 1.165) is 15.9 Å². The van der Waals surface area contributed by atoms with Gasteiger partial charge in [0, 0.05) is 36.4 Å². The van der Waals surface area contributed by atoms with Crippen LogP contribution in [-0.2, 0) is 0 Å². The maximum Gasteiger partial charge on any atom is 0.188 e. The highest BCUT2D eigenvalue weighted by Gasteiger charge is 2.57. The molecule has 12 heteroatoms. The fraction of sp³-hybridized carbons (Fsp3) is 0.400. The van der Waals surface area contributed by atoms with Crippen molar-refractivity contribution in [2.75, 3.05) is 76.7 Å². The summed E-state index contributed by atoms with van der Waals surface area (Å²) in [4.78, 5) is 0. The quantitative estimate of drug-likeness (QED) is 0.229. The Morgan fingerprint density at radius 3 is 0.857 bits per heavy atom. The van der Waals surface area contributed by atoms with Gasteiger partial charge in [0.15, 0.2) is 50.4 Å². The lowest BCUT2D eigenvalue weighted by Crippen LogP contribution is -3.00. The van der Waals surface area contributed by atoms with Crippen molar-refractivity contribution < 1.29 is 59.6 Å².